The average molecular weight is 277 g/mol. The van der Waals surface area contributed by atoms with Crippen LogP contribution >= 0.6 is 0 Å². The van der Waals surface area contributed by atoms with E-state index >= 15 is 0 Å². The lowest BCUT2D eigenvalue weighted by molar-refractivity contribution is 0.0665. The third-order valence-corrected chi connectivity index (χ3v) is 3.00. The van der Waals surface area contributed by atoms with E-state index in [2.05, 4.69) is 5.32 Å². The van der Waals surface area contributed by atoms with Crippen molar-refractivity contribution < 1.29 is 19.1 Å². The molecule has 5 nitrogen and oxygen atoms in total. The predicted octanol–water partition coefficient (Wildman–Crippen LogP) is 2.65. The van der Waals surface area contributed by atoms with Crippen LogP contribution in [0.1, 0.15) is 30.0 Å². The average Bonchev–Trinajstić information content (AvgIpc) is 2.82. The lowest BCUT2D eigenvalue weighted by Gasteiger charge is -2.12. The maximum Gasteiger partial charge on any atom is 0.371 e. The maximum atomic E-state index is 10.8. The largest absolute Gasteiger partial charge is 0.475 e. The van der Waals surface area contributed by atoms with Gasteiger partial charge in [-0.1, -0.05) is 6.07 Å². The number of ether oxygens (including phenoxy) is 1. The summed E-state index contributed by atoms with van der Waals surface area (Å²) in [6.45, 7) is 6.19. The van der Waals surface area contributed by atoms with Crippen molar-refractivity contribution in [2.75, 3.05) is 13.2 Å². The van der Waals surface area contributed by atoms with Crippen LogP contribution in [0.25, 0.3) is 11.0 Å². The number of carboxylic acid groups (broad SMARTS) is 1. The monoisotopic (exact) mass is 277 g/mol. The molecule has 2 aromatic rings. The molecule has 0 aliphatic carbocycles. The maximum absolute atomic E-state index is 10.8. The van der Waals surface area contributed by atoms with E-state index in [-0.39, 0.29) is 11.9 Å². The van der Waals surface area contributed by atoms with Crippen LogP contribution in [0.15, 0.2) is 28.7 Å². The molecule has 0 aliphatic heterocycles. The van der Waals surface area contributed by atoms with Gasteiger partial charge < -0.3 is 19.6 Å². The van der Waals surface area contributed by atoms with Crippen LogP contribution in [-0.2, 0) is 11.3 Å². The molecular weight excluding hydrogens is 258 g/mol. The van der Waals surface area contributed by atoms with Gasteiger partial charge in [-0.3, -0.25) is 0 Å². The van der Waals surface area contributed by atoms with Crippen molar-refractivity contribution in [2.24, 2.45) is 0 Å². The van der Waals surface area contributed by atoms with Crippen molar-refractivity contribution in [3.05, 3.63) is 35.6 Å². The van der Waals surface area contributed by atoms with Crippen LogP contribution in [0.5, 0.6) is 0 Å². The Balaban J connectivity index is 1.99. The summed E-state index contributed by atoms with van der Waals surface area (Å²) in [5, 5.41) is 13.0. The summed E-state index contributed by atoms with van der Waals surface area (Å²) in [4.78, 5) is 10.8. The molecule has 0 radical (unpaired) electrons. The standard InChI is InChI=1S/C15H19NO4/c1-3-19-10(2)8-16-9-11-4-5-13-12(6-11)7-14(20-13)15(17)18/h4-7,10,16H,3,8-9H2,1-2H3,(H,17,18). The molecule has 0 saturated heterocycles. The van der Waals surface area contributed by atoms with Gasteiger partial charge in [0.2, 0.25) is 5.76 Å². The quantitative estimate of drug-likeness (QED) is 0.814. The topological polar surface area (TPSA) is 71.7 Å². The molecular formula is C15H19NO4. The second-order valence-electron chi connectivity index (χ2n) is 4.68. The van der Waals surface area contributed by atoms with Gasteiger partial charge in [0, 0.05) is 25.1 Å². The van der Waals surface area contributed by atoms with E-state index in [0.29, 0.717) is 18.7 Å². The minimum Gasteiger partial charge on any atom is -0.475 e. The van der Waals surface area contributed by atoms with Crippen molar-refractivity contribution in [3.63, 3.8) is 0 Å². The first-order valence-corrected chi connectivity index (χ1v) is 6.68. The van der Waals surface area contributed by atoms with E-state index in [4.69, 9.17) is 14.3 Å². The first kappa shape index (κ1) is 14.6. The first-order valence-electron chi connectivity index (χ1n) is 6.68. The molecule has 1 heterocycles. The van der Waals surface area contributed by atoms with E-state index in [1.165, 1.54) is 0 Å². The summed E-state index contributed by atoms with van der Waals surface area (Å²) < 4.78 is 10.7. The molecule has 0 aliphatic rings. The lowest BCUT2D eigenvalue weighted by Crippen LogP contribution is -2.26. The highest BCUT2D eigenvalue weighted by Crippen LogP contribution is 2.20. The minimum absolute atomic E-state index is 0.0323. The second kappa shape index (κ2) is 6.54. The third-order valence-electron chi connectivity index (χ3n) is 3.00. The van der Waals surface area contributed by atoms with E-state index in [1.807, 2.05) is 26.0 Å². The highest BCUT2D eigenvalue weighted by molar-refractivity contribution is 5.91. The van der Waals surface area contributed by atoms with Crippen molar-refractivity contribution >= 4 is 16.9 Å². The summed E-state index contributed by atoms with van der Waals surface area (Å²) in [5.74, 6) is -1.08. The Kier molecular flexibility index (Phi) is 4.76. The highest BCUT2D eigenvalue weighted by Gasteiger charge is 2.10. The molecule has 0 bridgehead atoms. The van der Waals surface area contributed by atoms with Crippen LogP contribution in [0.3, 0.4) is 0 Å². The first-order chi connectivity index (χ1) is 9.60. The molecule has 0 amide bonds. The summed E-state index contributed by atoms with van der Waals surface area (Å²) >= 11 is 0. The number of carboxylic acids is 1. The number of nitrogens with one attached hydrogen (secondary N) is 1. The molecule has 1 unspecified atom stereocenters. The molecule has 1 aromatic heterocycles. The number of aromatic carboxylic acids is 1. The molecule has 0 spiro atoms. The van der Waals surface area contributed by atoms with Crippen molar-refractivity contribution in [2.45, 2.75) is 26.5 Å². The SMILES string of the molecule is CCOC(C)CNCc1ccc2oc(C(=O)O)cc2c1. The fraction of sp³-hybridized carbons (Fsp3) is 0.400. The van der Waals surface area contributed by atoms with Gasteiger partial charge in [0.15, 0.2) is 0 Å². The van der Waals surface area contributed by atoms with Crippen LogP contribution in [0, 0.1) is 0 Å². The Morgan fingerprint density at radius 1 is 1.45 bits per heavy atom. The molecule has 1 atom stereocenters. The van der Waals surface area contributed by atoms with E-state index in [0.717, 1.165) is 17.5 Å². The number of hydrogen-bond acceptors (Lipinski definition) is 4. The molecule has 2 rings (SSSR count). The van der Waals surface area contributed by atoms with Gasteiger partial charge >= 0.3 is 5.97 Å². The van der Waals surface area contributed by atoms with Gasteiger partial charge in [-0.15, -0.1) is 0 Å². The lowest BCUT2D eigenvalue weighted by atomic mass is 10.1. The van der Waals surface area contributed by atoms with Gasteiger partial charge in [-0.25, -0.2) is 4.79 Å². The van der Waals surface area contributed by atoms with E-state index < -0.39 is 5.97 Å². The normalized spacial score (nSPS) is 12.7. The fourth-order valence-corrected chi connectivity index (χ4v) is 2.07. The van der Waals surface area contributed by atoms with Gasteiger partial charge in [-0.05, 0) is 37.6 Å². The van der Waals surface area contributed by atoms with Crippen LogP contribution in [0.4, 0.5) is 0 Å². The fourth-order valence-electron chi connectivity index (χ4n) is 2.07. The zero-order valence-electron chi connectivity index (χ0n) is 11.7. The Morgan fingerprint density at radius 2 is 2.25 bits per heavy atom. The van der Waals surface area contributed by atoms with Gasteiger partial charge in [0.25, 0.3) is 0 Å². The number of furan rings is 1. The van der Waals surface area contributed by atoms with Crippen molar-refractivity contribution in [1.82, 2.24) is 5.32 Å². The number of carbonyl (C=O) groups is 1. The number of hydrogen-bond donors (Lipinski definition) is 2. The van der Waals surface area contributed by atoms with Crippen LogP contribution in [-0.4, -0.2) is 30.3 Å². The van der Waals surface area contributed by atoms with Gasteiger partial charge in [0.05, 0.1) is 6.10 Å². The zero-order chi connectivity index (χ0) is 14.5. The highest BCUT2D eigenvalue weighted by atomic mass is 16.5. The Morgan fingerprint density at radius 3 is 2.95 bits per heavy atom. The van der Waals surface area contributed by atoms with E-state index in [1.54, 1.807) is 12.1 Å². The summed E-state index contributed by atoms with van der Waals surface area (Å²) in [7, 11) is 0. The molecule has 5 heteroatoms. The van der Waals surface area contributed by atoms with E-state index in [9.17, 15) is 4.79 Å². The molecule has 0 saturated carbocycles. The number of benzene rings is 1. The summed E-state index contributed by atoms with van der Waals surface area (Å²) in [6, 6.07) is 7.20. The smallest absolute Gasteiger partial charge is 0.371 e. The van der Waals surface area contributed by atoms with Crippen molar-refractivity contribution in [3.8, 4) is 0 Å². The Hall–Kier alpha value is -1.85. The van der Waals surface area contributed by atoms with Crippen LogP contribution in [0.2, 0.25) is 0 Å². The summed E-state index contributed by atoms with van der Waals surface area (Å²) in [6.07, 6.45) is 0.177. The third kappa shape index (κ3) is 3.59. The van der Waals surface area contributed by atoms with Crippen LogP contribution < -0.4 is 5.32 Å². The second-order valence-corrected chi connectivity index (χ2v) is 4.68. The Labute approximate surface area is 117 Å². The minimum atomic E-state index is -1.05. The molecule has 2 N–H and O–H groups in total. The van der Waals surface area contributed by atoms with Gasteiger partial charge in [-0.2, -0.15) is 0 Å². The molecule has 20 heavy (non-hydrogen) atoms. The zero-order valence-corrected chi connectivity index (χ0v) is 11.7. The Bertz CT molecular complexity index is 591. The molecule has 108 valence electrons. The predicted molar refractivity (Wildman–Crippen MR) is 76.0 cm³/mol. The van der Waals surface area contributed by atoms with Crippen molar-refractivity contribution in [1.29, 1.82) is 0 Å². The van der Waals surface area contributed by atoms with Gasteiger partial charge in [0.1, 0.15) is 5.58 Å². The number of rotatable bonds is 7. The molecule has 0 fully saturated rings. The number of fused-ring (bicyclic) bond motifs is 1. The summed E-state index contributed by atoms with van der Waals surface area (Å²) in [5.41, 5.74) is 1.67. The molecule has 1 aromatic carbocycles.